The fourth-order valence-electron chi connectivity index (χ4n) is 2.10. The lowest BCUT2D eigenvalue weighted by Crippen LogP contribution is -2.10. The van der Waals surface area contributed by atoms with Gasteiger partial charge in [0.15, 0.2) is 5.78 Å². The number of fused-ring (bicyclic) bond motifs is 1. The number of benzene rings is 1. The van der Waals surface area contributed by atoms with Gasteiger partial charge in [0.1, 0.15) is 16.3 Å². The molecule has 0 aliphatic heterocycles. The number of alkyl halides is 1. The SMILES string of the molecule is Cc1nc(C(=O)[C@@H](Br)c2ccc3nccnc3c2)ccc1F. The Kier molecular flexibility index (Phi) is 3.94. The van der Waals surface area contributed by atoms with Crippen LogP contribution in [0.5, 0.6) is 0 Å². The van der Waals surface area contributed by atoms with Crippen LogP contribution in [0.4, 0.5) is 4.39 Å². The molecule has 3 aromatic rings. The van der Waals surface area contributed by atoms with Crippen molar-refractivity contribution in [1.82, 2.24) is 15.0 Å². The molecule has 0 saturated carbocycles. The van der Waals surface area contributed by atoms with Gasteiger partial charge in [-0.3, -0.25) is 14.8 Å². The second-order valence-corrected chi connectivity index (χ2v) is 5.71. The first-order chi connectivity index (χ1) is 10.6. The van der Waals surface area contributed by atoms with Gasteiger partial charge in [0, 0.05) is 12.4 Å². The summed E-state index contributed by atoms with van der Waals surface area (Å²) in [6.45, 7) is 1.53. The predicted octanol–water partition coefficient (Wildman–Crippen LogP) is 3.79. The van der Waals surface area contributed by atoms with E-state index >= 15 is 0 Å². The Morgan fingerprint density at radius 3 is 2.59 bits per heavy atom. The van der Waals surface area contributed by atoms with Crippen LogP contribution in [0.2, 0.25) is 0 Å². The summed E-state index contributed by atoms with van der Waals surface area (Å²) in [4.78, 5) is 24.3. The van der Waals surface area contributed by atoms with Gasteiger partial charge in [-0.05, 0) is 36.8 Å². The van der Waals surface area contributed by atoms with Gasteiger partial charge >= 0.3 is 0 Å². The topological polar surface area (TPSA) is 55.7 Å². The minimum absolute atomic E-state index is 0.204. The van der Waals surface area contributed by atoms with Gasteiger partial charge in [0.25, 0.3) is 0 Å². The maximum atomic E-state index is 13.3. The van der Waals surface area contributed by atoms with Crippen molar-refractivity contribution in [2.24, 2.45) is 0 Å². The van der Waals surface area contributed by atoms with E-state index in [2.05, 4.69) is 30.9 Å². The Morgan fingerprint density at radius 2 is 1.86 bits per heavy atom. The molecule has 2 heterocycles. The number of aromatic nitrogens is 3. The number of nitrogens with zero attached hydrogens (tertiary/aromatic N) is 3. The summed E-state index contributed by atoms with van der Waals surface area (Å²) in [5.74, 6) is -0.657. The third kappa shape index (κ3) is 2.74. The minimum atomic E-state index is -0.573. The first-order valence-electron chi connectivity index (χ1n) is 6.58. The predicted molar refractivity (Wildman–Crippen MR) is 84.5 cm³/mol. The highest BCUT2D eigenvalue weighted by Gasteiger charge is 2.21. The molecule has 0 N–H and O–H groups in total. The molecule has 0 bridgehead atoms. The number of pyridine rings is 1. The molecule has 0 aliphatic rings. The quantitative estimate of drug-likeness (QED) is 0.527. The number of ketones is 1. The molecule has 0 amide bonds. The Labute approximate surface area is 134 Å². The Bertz CT molecular complexity index is 869. The maximum absolute atomic E-state index is 13.3. The molecule has 1 aromatic carbocycles. The van der Waals surface area contributed by atoms with Crippen molar-refractivity contribution in [3.63, 3.8) is 0 Å². The van der Waals surface area contributed by atoms with E-state index < -0.39 is 10.6 Å². The van der Waals surface area contributed by atoms with E-state index in [-0.39, 0.29) is 17.2 Å². The molecule has 2 aromatic heterocycles. The average Bonchev–Trinajstić information content (AvgIpc) is 2.55. The van der Waals surface area contributed by atoms with Crippen LogP contribution in [0, 0.1) is 12.7 Å². The largest absolute Gasteiger partial charge is 0.291 e. The van der Waals surface area contributed by atoms with Crippen molar-refractivity contribution >= 4 is 32.7 Å². The molecule has 0 fully saturated rings. The molecule has 0 saturated heterocycles. The molecule has 22 heavy (non-hydrogen) atoms. The molecule has 110 valence electrons. The summed E-state index contributed by atoms with van der Waals surface area (Å²) in [7, 11) is 0. The van der Waals surface area contributed by atoms with E-state index in [0.717, 1.165) is 11.1 Å². The molecule has 3 rings (SSSR count). The first-order valence-corrected chi connectivity index (χ1v) is 7.50. The van der Waals surface area contributed by atoms with E-state index in [0.29, 0.717) is 5.52 Å². The number of carbonyl (C=O) groups excluding carboxylic acids is 1. The van der Waals surface area contributed by atoms with Crippen molar-refractivity contribution in [3.8, 4) is 0 Å². The van der Waals surface area contributed by atoms with Gasteiger partial charge in [0.2, 0.25) is 0 Å². The summed E-state index contributed by atoms with van der Waals surface area (Å²) < 4.78 is 13.3. The number of carbonyl (C=O) groups is 1. The lowest BCUT2D eigenvalue weighted by Gasteiger charge is -2.10. The molecule has 1 atom stereocenters. The van der Waals surface area contributed by atoms with Crippen LogP contribution in [0.3, 0.4) is 0 Å². The molecule has 0 spiro atoms. The van der Waals surface area contributed by atoms with Crippen molar-refractivity contribution in [3.05, 3.63) is 65.5 Å². The summed E-state index contributed by atoms with van der Waals surface area (Å²) in [5, 5.41) is 0. The van der Waals surface area contributed by atoms with E-state index in [1.54, 1.807) is 18.5 Å². The van der Waals surface area contributed by atoms with Gasteiger partial charge in [-0.2, -0.15) is 0 Å². The van der Waals surface area contributed by atoms with Gasteiger partial charge in [-0.1, -0.05) is 22.0 Å². The van der Waals surface area contributed by atoms with Crippen molar-refractivity contribution < 1.29 is 9.18 Å². The zero-order valence-corrected chi connectivity index (χ0v) is 13.2. The highest BCUT2D eigenvalue weighted by Crippen LogP contribution is 2.28. The first kappa shape index (κ1) is 14.7. The Balaban J connectivity index is 1.95. The standard InChI is InChI=1S/C16H11BrFN3O/c1-9-11(18)3-5-13(21-9)16(22)15(17)10-2-4-12-14(8-10)20-7-6-19-12/h2-8,15H,1H3/t15-/m0/s1. The fourth-order valence-corrected chi connectivity index (χ4v) is 2.62. The number of hydrogen-bond acceptors (Lipinski definition) is 4. The normalized spacial score (nSPS) is 12.3. The van der Waals surface area contributed by atoms with E-state index in [1.165, 1.54) is 19.1 Å². The summed E-state index contributed by atoms with van der Waals surface area (Å²) in [6, 6.07) is 8.06. The molecular formula is C16H11BrFN3O. The Morgan fingerprint density at radius 1 is 1.14 bits per heavy atom. The zero-order valence-electron chi connectivity index (χ0n) is 11.6. The lowest BCUT2D eigenvalue weighted by molar-refractivity contribution is 0.0986. The number of hydrogen-bond donors (Lipinski definition) is 0. The third-order valence-corrected chi connectivity index (χ3v) is 4.23. The summed E-state index contributed by atoms with van der Waals surface area (Å²) in [5.41, 5.74) is 2.64. The van der Waals surface area contributed by atoms with Crippen molar-refractivity contribution in [1.29, 1.82) is 0 Å². The summed E-state index contributed by atoms with van der Waals surface area (Å²) in [6.07, 6.45) is 3.21. The van der Waals surface area contributed by atoms with Crippen molar-refractivity contribution in [2.75, 3.05) is 0 Å². The molecule has 4 nitrogen and oxygen atoms in total. The fraction of sp³-hybridized carbons (Fsp3) is 0.125. The van der Waals surface area contributed by atoms with Crippen LogP contribution >= 0.6 is 15.9 Å². The van der Waals surface area contributed by atoms with Gasteiger partial charge in [-0.15, -0.1) is 0 Å². The van der Waals surface area contributed by atoms with Crippen LogP contribution < -0.4 is 0 Å². The number of halogens is 2. The number of aryl methyl sites for hydroxylation is 1. The number of rotatable bonds is 3. The molecule has 6 heteroatoms. The van der Waals surface area contributed by atoms with Crippen LogP contribution in [0.1, 0.15) is 26.6 Å². The molecule has 0 radical (unpaired) electrons. The minimum Gasteiger partial charge on any atom is -0.291 e. The summed E-state index contributed by atoms with van der Waals surface area (Å²) >= 11 is 3.39. The smallest absolute Gasteiger partial charge is 0.199 e. The van der Waals surface area contributed by atoms with Crippen LogP contribution in [0.15, 0.2) is 42.7 Å². The molecular weight excluding hydrogens is 349 g/mol. The monoisotopic (exact) mass is 359 g/mol. The van der Waals surface area contributed by atoms with Crippen LogP contribution in [0.25, 0.3) is 11.0 Å². The second-order valence-electron chi connectivity index (χ2n) is 4.80. The van der Waals surface area contributed by atoms with E-state index in [9.17, 15) is 9.18 Å². The highest BCUT2D eigenvalue weighted by molar-refractivity contribution is 9.09. The van der Waals surface area contributed by atoms with Gasteiger partial charge < -0.3 is 0 Å². The second kappa shape index (κ2) is 5.88. The van der Waals surface area contributed by atoms with Crippen LogP contribution in [-0.2, 0) is 0 Å². The van der Waals surface area contributed by atoms with E-state index in [4.69, 9.17) is 0 Å². The average molecular weight is 360 g/mol. The molecule has 0 unspecified atom stereocenters. The van der Waals surface area contributed by atoms with Gasteiger partial charge in [-0.25, -0.2) is 9.37 Å². The third-order valence-electron chi connectivity index (χ3n) is 3.29. The van der Waals surface area contributed by atoms with E-state index in [1.807, 2.05) is 12.1 Å². The lowest BCUT2D eigenvalue weighted by atomic mass is 10.1. The van der Waals surface area contributed by atoms with Crippen molar-refractivity contribution in [2.45, 2.75) is 11.8 Å². The molecule has 0 aliphatic carbocycles. The van der Waals surface area contributed by atoms with Crippen LogP contribution in [-0.4, -0.2) is 20.7 Å². The van der Waals surface area contributed by atoms with Gasteiger partial charge in [0.05, 0.1) is 16.7 Å². The Hall–Kier alpha value is -2.21. The maximum Gasteiger partial charge on any atom is 0.199 e. The number of Topliss-reactive ketones (excluding diaryl/α,β-unsaturated/α-hetero) is 1. The highest BCUT2D eigenvalue weighted by atomic mass is 79.9. The zero-order chi connectivity index (χ0) is 15.7.